The minimum atomic E-state index is -4.01. The Labute approximate surface area is 108 Å². The van der Waals surface area contributed by atoms with Crippen LogP contribution in [0, 0.1) is 0 Å². The van der Waals surface area contributed by atoms with Crippen LogP contribution in [-0.2, 0) is 16.7 Å². The van der Waals surface area contributed by atoms with Crippen LogP contribution in [0.25, 0.3) is 0 Å². The number of aryl methyl sites for hydroxylation is 1. The first-order valence-corrected chi connectivity index (χ1v) is 7.08. The lowest BCUT2D eigenvalue weighted by Crippen LogP contribution is -2.30. The molecular weight excluding hydrogens is 254 g/mol. The third-order valence-electron chi connectivity index (χ3n) is 2.03. The van der Waals surface area contributed by atoms with Gasteiger partial charge in [0, 0.05) is 17.9 Å². The molecule has 0 N–H and O–H groups in total. The summed E-state index contributed by atoms with van der Waals surface area (Å²) in [6.45, 7) is 6.37. The van der Waals surface area contributed by atoms with Crippen LogP contribution in [0.15, 0.2) is 37.2 Å². The Hall–Kier alpha value is -1.40. The van der Waals surface area contributed by atoms with E-state index in [1.807, 2.05) is 24.5 Å². The average Bonchev–Trinajstić information content (AvgIpc) is 2.36. The van der Waals surface area contributed by atoms with Gasteiger partial charge < -0.3 is 9.29 Å². The molecule has 6 heteroatoms. The minimum Gasteiger partial charge on any atom is -0.748 e. The average molecular weight is 273 g/mol. The molecule has 0 amide bonds. The summed E-state index contributed by atoms with van der Waals surface area (Å²) in [6, 6.07) is 3.90. The van der Waals surface area contributed by atoms with Gasteiger partial charge in [0.2, 0.25) is 0 Å². The van der Waals surface area contributed by atoms with Gasteiger partial charge in [-0.1, -0.05) is 6.08 Å². The Morgan fingerprint density at radius 3 is 2.28 bits per heavy atom. The van der Waals surface area contributed by atoms with Gasteiger partial charge in [0.1, 0.15) is 12.3 Å². The van der Waals surface area contributed by atoms with E-state index in [9.17, 15) is 13.0 Å². The van der Waals surface area contributed by atoms with E-state index in [1.54, 1.807) is 7.11 Å². The van der Waals surface area contributed by atoms with E-state index in [1.165, 1.54) is 6.08 Å². The molecule has 0 aliphatic rings. The summed E-state index contributed by atoms with van der Waals surface area (Å²) in [5.74, 6) is 0.570. The molecule has 0 aliphatic carbocycles. The molecule has 5 nitrogen and oxygen atoms in total. The summed E-state index contributed by atoms with van der Waals surface area (Å²) in [5, 5.41) is 0. The SMILES string of the molecule is C=CCCS(=O)(=O)[O-].CC[n+]1ccc(OC)cc1. The van der Waals surface area contributed by atoms with Crippen molar-refractivity contribution in [2.45, 2.75) is 19.9 Å². The fourth-order valence-corrected chi connectivity index (χ4v) is 1.47. The number of aromatic nitrogens is 1. The molecule has 102 valence electrons. The molecular formula is C12H19NO4S. The zero-order valence-electron chi connectivity index (χ0n) is 10.7. The van der Waals surface area contributed by atoms with Crippen LogP contribution in [0.2, 0.25) is 0 Å². The highest BCUT2D eigenvalue weighted by molar-refractivity contribution is 7.85. The highest BCUT2D eigenvalue weighted by Gasteiger charge is 1.94. The minimum absolute atomic E-state index is 0.242. The van der Waals surface area contributed by atoms with Crippen molar-refractivity contribution in [2.75, 3.05) is 12.9 Å². The molecule has 0 saturated heterocycles. The van der Waals surface area contributed by atoms with Crippen LogP contribution in [-0.4, -0.2) is 25.8 Å². The summed E-state index contributed by atoms with van der Waals surface area (Å²) < 4.78 is 36.4. The predicted octanol–water partition coefficient (Wildman–Crippen LogP) is 1.11. The van der Waals surface area contributed by atoms with Crippen molar-refractivity contribution in [2.24, 2.45) is 0 Å². The first-order valence-electron chi connectivity index (χ1n) is 5.50. The number of rotatable bonds is 5. The molecule has 0 radical (unpaired) electrons. The fraction of sp³-hybridized carbons (Fsp3) is 0.417. The number of hydrogen-bond acceptors (Lipinski definition) is 4. The van der Waals surface area contributed by atoms with Gasteiger partial charge in [-0.15, -0.1) is 6.58 Å². The topological polar surface area (TPSA) is 70.3 Å². The molecule has 0 unspecified atom stereocenters. The molecule has 0 bridgehead atoms. The lowest BCUT2D eigenvalue weighted by molar-refractivity contribution is -0.693. The number of ether oxygens (including phenoxy) is 1. The third kappa shape index (κ3) is 8.72. The van der Waals surface area contributed by atoms with Crippen LogP contribution in [0.3, 0.4) is 0 Å². The van der Waals surface area contributed by atoms with E-state index < -0.39 is 10.1 Å². The molecule has 1 heterocycles. The van der Waals surface area contributed by atoms with E-state index >= 15 is 0 Å². The summed E-state index contributed by atoms with van der Waals surface area (Å²) in [6.07, 6.45) is 5.64. The summed E-state index contributed by atoms with van der Waals surface area (Å²) in [4.78, 5) is 0. The third-order valence-corrected chi connectivity index (χ3v) is 2.77. The van der Waals surface area contributed by atoms with Gasteiger partial charge in [0.05, 0.1) is 17.2 Å². The Bertz CT molecular complexity index is 417. The van der Waals surface area contributed by atoms with Crippen molar-refractivity contribution in [3.05, 3.63) is 37.2 Å². The molecule has 0 aliphatic heterocycles. The van der Waals surface area contributed by atoms with Crippen molar-refractivity contribution < 1.29 is 22.3 Å². The molecule has 0 aromatic carbocycles. The second-order valence-corrected chi connectivity index (χ2v) is 4.93. The smallest absolute Gasteiger partial charge is 0.172 e. The van der Waals surface area contributed by atoms with Crippen LogP contribution in [0.4, 0.5) is 0 Å². The molecule has 0 saturated carbocycles. The second-order valence-electron chi connectivity index (χ2n) is 3.41. The Morgan fingerprint density at radius 1 is 1.44 bits per heavy atom. The maximum absolute atomic E-state index is 9.79. The van der Waals surface area contributed by atoms with Gasteiger partial charge in [-0.05, 0) is 13.3 Å². The van der Waals surface area contributed by atoms with Crippen LogP contribution in [0.5, 0.6) is 5.75 Å². The van der Waals surface area contributed by atoms with Crippen LogP contribution >= 0.6 is 0 Å². The van der Waals surface area contributed by atoms with E-state index in [0.717, 1.165) is 12.3 Å². The molecule has 0 fully saturated rings. The molecule has 1 rings (SSSR count). The maximum Gasteiger partial charge on any atom is 0.172 e. The molecule has 0 atom stereocenters. The Kier molecular flexibility index (Phi) is 7.98. The lowest BCUT2D eigenvalue weighted by Gasteiger charge is -2.01. The van der Waals surface area contributed by atoms with Crippen LogP contribution < -0.4 is 9.30 Å². The number of pyridine rings is 1. The van der Waals surface area contributed by atoms with Crippen molar-refractivity contribution in [1.82, 2.24) is 0 Å². The summed E-state index contributed by atoms with van der Waals surface area (Å²) in [7, 11) is -2.34. The fourth-order valence-electron chi connectivity index (χ4n) is 1.02. The summed E-state index contributed by atoms with van der Waals surface area (Å²) in [5.41, 5.74) is 0. The van der Waals surface area contributed by atoms with Crippen molar-refractivity contribution in [1.29, 1.82) is 0 Å². The first kappa shape index (κ1) is 16.6. The highest BCUT2D eigenvalue weighted by atomic mass is 32.2. The molecule has 1 aromatic heterocycles. The van der Waals surface area contributed by atoms with Crippen molar-refractivity contribution in [3.63, 3.8) is 0 Å². The van der Waals surface area contributed by atoms with Gasteiger partial charge in [-0.3, -0.25) is 0 Å². The standard InChI is InChI=1S/C8H12NO.C4H8O3S/c1-3-9-6-4-8(10-2)5-7-9;1-2-3-4-8(5,6)7/h4-7H,3H2,1-2H3;2H,1,3-4H2,(H,5,6,7)/q+1;/p-1. The normalized spacial score (nSPS) is 10.2. The number of nitrogens with zero attached hydrogens (tertiary/aromatic N) is 1. The van der Waals surface area contributed by atoms with E-state index in [2.05, 4.69) is 18.1 Å². The lowest BCUT2D eigenvalue weighted by atomic mass is 10.4. The van der Waals surface area contributed by atoms with Crippen molar-refractivity contribution >= 4 is 10.1 Å². The van der Waals surface area contributed by atoms with E-state index in [0.29, 0.717) is 0 Å². The molecule has 0 spiro atoms. The van der Waals surface area contributed by atoms with Gasteiger partial charge in [-0.25, -0.2) is 13.0 Å². The number of methoxy groups -OCH3 is 1. The second kappa shape index (κ2) is 8.66. The monoisotopic (exact) mass is 273 g/mol. The van der Waals surface area contributed by atoms with E-state index in [-0.39, 0.29) is 12.2 Å². The highest BCUT2D eigenvalue weighted by Crippen LogP contribution is 2.03. The quantitative estimate of drug-likeness (QED) is 0.458. The Morgan fingerprint density at radius 2 is 2.00 bits per heavy atom. The maximum atomic E-state index is 9.79. The predicted molar refractivity (Wildman–Crippen MR) is 68.2 cm³/mol. The van der Waals surface area contributed by atoms with Gasteiger partial charge in [0.15, 0.2) is 12.4 Å². The van der Waals surface area contributed by atoms with E-state index in [4.69, 9.17) is 4.74 Å². The van der Waals surface area contributed by atoms with Gasteiger partial charge in [-0.2, -0.15) is 0 Å². The summed E-state index contributed by atoms with van der Waals surface area (Å²) >= 11 is 0. The van der Waals surface area contributed by atoms with Gasteiger partial charge >= 0.3 is 0 Å². The Balaban J connectivity index is 0.000000331. The van der Waals surface area contributed by atoms with Gasteiger partial charge in [0.25, 0.3) is 0 Å². The largest absolute Gasteiger partial charge is 0.748 e. The van der Waals surface area contributed by atoms with Crippen molar-refractivity contribution in [3.8, 4) is 5.75 Å². The molecule has 1 aromatic rings. The molecule has 18 heavy (non-hydrogen) atoms. The van der Waals surface area contributed by atoms with Crippen LogP contribution in [0.1, 0.15) is 13.3 Å². The number of hydrogen-bond donors (Lipinski definition) is 0. The number of allylic oxidation sites excluding steroid dienone is 1. The first-order chi connectivity index (χ1) is 8.42. The zero-order chi connectivity index (χ0) is 14.0. The zero-order valence-corrected chi connectivity index (χ0v) is 11.5.